The van der Waals surface area contributed by atoms with Crippen LogP contribution in [0.3, 0.4) is 0 Å². The van der Waals surface area contributed by atoms with Gasteiger partial charge in [-0.25, -0.2) is 0 Å². The summed E-state index contributed by atoms with van der Waals surface area (Å²) in [4.78, 5) is 31.7. The SMILES string of the molecule is Nc1ccccc1CNC(=O)c1ccnc(-c2cc(C=O)ccn2)c1. The molecule has 0 bridgehead atoms. The number of nitrogen functional groups attached to an aromatic ring is 1. The first-order valence-electron chi connectivity index (χ1n) is 7.66. The number of nitrogens with two attached hydrogens (primary N) is 1. The van der Waals surface area contributed by atoms with Gasteiger partial charge in [0.05, 0.1) is 11.4 Å². The number of carbonyl (C=O) groups excluding carboxylic acids is 2. The van der Waals surface area contributed by atoms with Gasteiger partial charge in [0.15, 0.2) is 0 Å². The minimum Gasteiger partial charge on any atom is -0.398 e. The second-order valence-electron chi connectivity index (χ2n) is 5.40. The van der Waals surface area contributed by atoms with E-state index in [1.54, 1.807) is 30.3 Å². The van der Waals surface area contributed by atoms with Gasteiger partial charge >= 0.3 is 0 Å². The summed E-state index contributed by atoms with van der Waals surface area (Å²) in [5.74, 6) is -0.238. The molecule has 0 saturated carbocycles. The van der Waals surface area contributed by atoms with Crippen LogP contribution < -0.4 is 11.1 Å². The summed E-state index contributed by atoms with van der Waals surface area (Å²) < 4.78 is 0. The van der Waals surface area contributed by atoms with Crippen LogP contribution in [0, 0.1) is 0 Å². The number of carbonyl (C=O) groups is 2. The molecule has 0 aliphatic heterocycles. The van der Waals surface area contributed by atoms with Crippen LogP contribution in [0.25, 0.3) is 11.4 Å². The molecule has 0 spiro atoms. The first kappa shape index (κ1) is 16.3. The second kappa shape index (κ2) is 7.35. The van der Waals surface area contributed by atoms with Crippen molar-refractivity contribution in [3.05, 3.63) is 77.6 Å². The summed E-state index contributed by atoms with van der Waals surface area (Å²) in [6, 6.07) is 13.9. The van der Waals surface area contributed by atoms with Crippen molar-refractivity contribution in [1.82, 2.24) is 15.3 Å². The lowest BCUT2D eigenvalue weighted by molar-refractivity contribution is 0.0950. The number of amides is 1. The van der Waals surface area contributed by atoms with Crippen molar-refractivity contribution in [2.24, 2.45) is 0 Å². The van der Waals surface area contributed by atoms with E-state index in [0.717, 1.165) is 11.8 Å². The van der Waals surface area contributed by atoms with Crippen LogP contribution in [0.15, 0.2) is 60.9 Å². The van der Waals surface area contributed by atoms with Gasteiger partial charge in [-0.15, -0.1) is 0 Å². The summed E-state index contributed by atoms with van der Waals surface area (Å²) in [5.41, 5.74) is 9.37. The third-order valence-electron chi connectivity index (χ3n) is 3.70. The van der Waals surface area contributed by atoms with E-state index in [9.17, 15) is 9.59 Å². The van der Waals surface area contributed by atoms with Gasteiger partial charge in [-0.1, -0.05) is 18.2 Å². The molecule has 0 aliphatic rings. The molecular weight excluding hydrogens is 316 g/mol. The zero-order valence-electron chi connectivity index (χ0n) is 13.3. The van der Waals surface area contributed by atoms with Crippen LogP contribution in [0.1, 0.15) is 26.3 Å². The van der Waals surface area contributed by atoms with E-state index in [1.807, 2.05) is 18.2 Å². The first-order chi connectivity index (χ1) is 12.2. The number of rotatable bonds is 5. The number of benzene rings is 1. The van der Waals surface area contributed by atoms with E-state index in [-0.39, 0.29) is 5.91 Å². The number of hydrogen-bond acceptors (Lipinski definition) is 5. The maximum atomic E-state index is 12.4. The van der Waals surface area contributed by atoms with E-state index in [2.05, 4.69) is 15.3 Å². The molecule has 6 nitrogen and oxygen atoms in total. The van der Waals surface area contributed by atoms with E-state index in [0.29, 0.717) is 34.7 Å². The van der Waals surface area contributed by atoms with Gasteiger partial charge in [0.25, 0.3) is 5.91 Å². The highest BCUT2D eigenvalue weighted by molar-refractivity contribution is 5.95. The topological polar surface area (TPSA) is 98.0 Å². The third kappa shape index (κ3) is 3.87. The Balaban J connectivity index is 1.77. The van der Waals surface area contributed by atoms with Gasteiger partial charge in [0, 0.05) is 35.8 Å². The largest absolute Gasteiger partial charge is 0.398 e. The lowest BCUT2D eigenvalue weighted by atomic mass is 10.1. The summed E-state index contributed by atoms with van der Waals surface area (Å²) in [6.07, 6.45) is 3.81. The summed E-state index contributed by atoms with van der Waals surface area (Å²) >= 11 is 0. The molecule has 0 aliphatic carbocycles. The van der Waals surface area contributed by atoms with Crippen LogP contribution in [0.5, 0.6) is 0 Å². The predicted octanol–water partition coefficient (Wildman–Crippen LogP) is 2.47. The highest BCUT2D eigenvalue weighted by Gasteiger charge is 2.10. The normalized spacial score (nSPS) is 10.2. The molecule has 124 valence electrons. The molecule has 0 atom stereocenters. The number of nitrogens with zero attached hydrogens (tertiary/aromatic N) is 2. The Morgan fingerprint density at radius 3 is 2.52 bits per heavy atom. The van der Waals surface area contributed by atoms with Gasteiger partial charge in [0.2, 0.25) is 0 Å². The van der Waals surface area contributed by atoms with Gasteiger partial charge < -0.3 is 11.1 Å². The third-order valence-corrected chi connectivity index (χ3v) is 3.70. The molecule has 0 radical (unpaired) electrons. The van der Waals surface area contributed by atoms with Crippen molar-refractivity contribution < 1.29 is 9.59 Å². The molecule has 0 saturated heterocycles. The Labute approximate surface area is 144 Å². The second-order valence-corrected chi connectivity index (χ2v) is 5.40. The van der Waals surface area contributed by atoms with Gasteiger partial charge in [-0.3, -0.25) is 19.6 Å². The highest BCUT2D eigenvalue weighted by atomic mass is 16.1. The average molecular weight is 332 g/mol. The lowest BCUT2D eigenvalue weighted by Gasteiger charge is -2.08. The van der Waals surface area contributed by atoms with Crippen LogP contribution in [0.4, 0.5) is 5.69 Å². The van der Waals surface area contributed by atoms with Gasteiger partial charge in [-0.05, 0) is 35.9 Å². The Morgan fingerprint density at radius 2 is 1.76 bits per heavy atom. The molecule has 0 unspecified atom stereocenters. The predicted molar refractivity (Wildman–Crippen MR) is 94.9 cm³/mol. The zero-order valence-corrected chi connectivity index (χ0v) is 13.3. The van der Waals surface area contributed by atoms with Crippen LogP contribution in [-0.4, -0.2) is 22.2 Å². The van der Waals surface area contributed by atoms with Crippen molar-refractivity contribution >= 4 is 17.9 Å². The number of para-hydroxylation sites is 1. The van der Waals surface area contributed by atoms with Gasteiger partial charge in [0.1, 0.15) is 6.29 Å². The molecule has 3 N–H and O–H groups in total. The first-order valence-corrected chi connectivity index (χ1v) is 7.66. The molecule has 2 heterocycles. The average Bonchev–Trinajstić information content (AvgIpc) is 2.67. The van der Waals surface area contributed by atoms with Crippen molar-refractivity contribution in [1.29, 1.82) is 0 Å². The van der Waals surface area contributed by atoms with Crippen molar-refractivity contribution in [3.8, 4) is 11.4 Å². The van der Waals surface area contributed by atoms with Crippen molar-refractivity contribution in [2.45, 2.75) is 6.54 Å². The summed E-state index contributed by atoms with van der Waals surface area (Å²) in [5, 5.41) is 2.83. The molecule has 25 heavy (non-hydrogen) atoms. The number of nitrogens with one attached hydrogen (secondary N) is 1. The quantitative estimate of drug-likeness (QED) is 0.552. The minimum absolute atomic E-state index is 0.238. The number of hydrogen-bond donors (Lipinski definition) is 2. The maximum Gasteiger partial charge on any atom is 0.251 e. The van der Waals surface area contributed by atoms with Crippen LogP contribution in [-0.2, 0) is 6.54 Å². The fraction of sp³-hybridized carbons (Fsp3) is 0.0526. The number of anilines is 1. The minimum atomic E-state index is -0.238. The molecule has 1 amide bonds. The van der Waals surface area contributed by atoms with Crippen molar-refractivity contribution in [2.75, 3.05) is 5.73 Å². The fourth-order valence-corrected chi connectivity index (χ4v) is 2.34. The van der Waals surface area contributed by atoms with E-state index in [4.69, 9.17) is 5.73 Å². The molecule has 1 aromatic carbocycles. The monoisotopic (exact) mass is 332 g/mol. The Bertz CT molecular complexity index is 925. The molecular formula is C19H16N4O2. The van der Waals surface area contributed by atoms with Crippen LogP contribution in [0.2, 0.25) is 0 Å². The smallest absolute Gasteiger partial charge is 0.251 e. The van der Waals surface area contributed by atoms with E-state index < -0.39 is 0 Å². The molecule has 6 heteroatoms. The highest BCUT2D eigenvalue weighted by Crippen LogP contribution is 2.16. The Kier molecular flexibility index (Phi) is 4.80. The van der Waals surface area contributed by atoms with Gasteiger partial charge in [-0.2, -0.15) is 0 Å². The van der Waals surface area contributed by atoms with E-state index in [1.165, 1.54) is 12.4 Å². The molecule has 0 fully saturated rings. The Hall–Kier alpha value is -3.54. The number of aromatic nitrogens is 2. The zero-order chi connectivity index (χ0) is 17.6. The summed E-state index contributed by atoms with van der Waals surface area (Å²) in [7, 11) is 0. The molecule has 2 aromatic heterocycles. The number of aldehydes is 1. The standard InChI is InChI=1S/C19H16N4O2/c20-16-4-2-1-3-15(16)11-23-19(25)14-6-8-22-18(10-14)17-9-13(12-24)5-7-21-17/h1-10,12H,11,20H2,(H,23,25). The van der Waals surface area contributed by atoms with Crippen molar-refractivity contribution in [3.63, 3.8) is 0 Å². The molecule has 3 rings (SSSR count). The lowest BCUT2D eigenvalue weighted by Crippen LogP contribution is -2.23. The van der Waals surface area contributed by atoms with E-state index >= 15 is 0 Å². The van der Waals surface area contributed by atoms with Crippen LogP contribution >= 0.6 is 0 Å². The number of pyridine rings is 2. The fourth-order valence-electron chi connectivity index (χ4n) is 2.34. The molecule has 3 aromatic rings. The Morgan fingerprint density at radius 1 is 1.04 bits per heavy atom. The summed E-state index contributed by atoms with van der Waals surface area (Å²) in [6.45, 7) is 0.335. The maximum absolute atomic E-state index is 12.4.